The van der Waals surface area contributed by atoms with Gasteiger partial charge in [-0.1, -0.05) is 44.2 Å². The first-order valence-electron chi connectivity index (χ1n) is 8.16. The summed E-state index contributed by atoms with van der Waals surface area (Å²) in [5, 5.41) is 6.31. The van der Waals surface area contributed by atoms with Crippen LogP contribution in [0.15, 0.2) is 54.6 Å². The van der Waals surface area contributed by atoms with Crippen molar-refractivity contribution in [2.24, 2.45) is 0 Å². The number of anilines is 2. The van der Waals surface area contributed by atoms with E-state index < -0.39 is 0 Å². The van der Waals surface area contributed by atoms with E-state index in [2.05, 4.69) is 29.4 Å². The Morgan fingerprint density at radius 2 is 1.61 bits per heavy atom. The van der Waals surface area contributed by atoms with Gasteiger partial charge in [-0.2, -0.15) is 0 Å². The van der Waals surface area contributed by atoms with Gasteiger partial charge in [-0.3, -0.25) is 4.79 Å². The van der Waals surface area contributed by atoms with Crippen molar-refractivity contribution in [3.63, 3.8) is 0 Å². The van der Waals surface area contributed by atoms with E-state index in [0.717, 1.165) is 31.0 Å². The Morgan fingerprint density at radius 1 is 0.957 bits per heavy atom. The molecule has 0 aliphatic rings. The quantitative estimate of drug-likeness (QED) is 0.784. The third-order valence-electron chi connectivity index (χ3n) is 3.83. The zero-order valence-corrected chi connectivity index (χ0v) is 13.9. The molecule has 122 valence electrons. The maximum Gasteiger partial charge on any atom is 0.253 e. The molecule has 1 amide bonds. The molecule has 0 radical (unpaired) electrons. The molecule has 2 aromatic carbocycles. The van der Waals surface area contributed by atoms with Gasteiger partial charge in [-0.15, -0.1) is 0 Å². The van der Waals surface area contributed by atoms with Gasteiger partial charge in [-0.05, 0) is 37.4 Å². The number of hydrogen-bond acceptors (Lipinski definition) is 3. The first-order valence-corrected chi connectivity index (χ1v) is 8.16. The minimum Gasteiger partial charge on any atom is -0.355 e. The maximum absolute atomic E-state index is 12.4. The molecule has 0 aliphatic heterocycles. The minimum absolute atomic E-state index is 0.0452. The number of rotatable bonds is 8. The minimum atomic E-state index is -0.0452. The molecular weight excluding hydrogens is 286 g/mol. The number of benzene rings is 2. The highest BCUT2D eigenvalue weighted by atomic mass is 16.1. The number of hydrogen-bond donors (Lipinski definition) is 2. The summed E-state index contributed by atoms with van der Waals surface area (Å²) >= 11 is 0. The van der Waals surface area contributed by atoms with Crippen LogP contribution in [0, 0.1) is 0 Å². The fourth-order valence-electron chi connectivity index (χ4n) is 2.43. The molecule has 0 heterocycles. The van der Waals surface area contributed by atoms with Crippen molar-refractivity contribution < 1.29 is 4.79 Å². The van der Waals surface area contributed by atoms with Gasteiger partial charge in [0.2, 0.25) is 0 Å². The fraction of sp³-hybridized carbons (Fsp3) is 0.316. The number of amides is 1. The summed E-state index contributed by atoms with van der Waals surface area (Å²) in [6, 6.07) is 17.4. The zero-order valence-electron chi connectivity index (χ0n) is 13.9. The standard InChI is InChI=1S/C19H25N3O/c1-3-22(4-2)15-14-20-19(23)17-12-8-9-13-18(17)21-16-10-6-5-7-11-16/h5-13,21H,3-4,14-15H2,1-2H3,(H,20,23). The van der Waals surface area contributed by atoms with Crippen LogP contribution in [0.1, 0.15) is 24.2 Å². The van der Waals surface area contributed by atoms with Gasteiger partial charge < -0.3 is 15.5 Å². The van der Waals surface area contributed by atoms with Gasteiger partial charge >= 0.3 is 0 Å². The molecule has 0 aliphatic carbocycles. The summed E-state index contributed by atoms with van der Waals surface area (Å²) in [6.45, 7) is 7.78. The number of para-hydroxylation sites is 2. The maximum atomic E-state index is 12.4. The first-order chi connectivity index (χ1) is 11.2. The molecule has 0 spiro atoms. The van der Waals surface area contributed by atoms with Gasteiger partial charge in [0, 0.05) is 18.8 Å². The molecule has 0 bridgehead atoms. The summed E-state index contributed by atoms with van der Waals surface area (Å²) in [7, 11) is 0. The van der Waals surface area contributed by atoms with Crippen LogP contribution in [-0.4, -0.2) is 37.0 Å². The van der Waals surface area contributed by atoms with Gasteiger partial charge in [0.25, 0.3) is 5.91 Å². The molecule has 2 aromatic rings. The van der Waals surface area contributed by atoms with Crippen LogP contribution in [-0.2, 0) is 0 Å². The average Bonchev–Trinajstić information content (AvgIpc) is 2.60. The van der Waals surface area contributed by atoms with Crippen molar-refractivity contribution in [3.05, 3.63) is 60.2 Å². The lowest BCUT2D eigenvalue weighted by molar-refractivity contribution is 0.0950. The lowest BCUT2D eigenvalue weighted by Gasteiger charge is -2.18. The van der Waals surface area contributed by atoms with Crippen molar-refractivity contribution in [3.8, 4) is 0 Å². The predicted octanol–water partition coefficient (Wildman–Crippen LogP) is 3.50. The number of likely N-dealkylation sites (N-methyl/N-ethyl adjacent to an activating group) is 1. The van der Waals surface area contributed by atoms with Gasteiger partial charge in [-0.25, -0.2) is 0 Å². The molecule has 0 unspecified atom stereocenters. The summed E-state index contributed by atoms with van der Waals surface area (Å²) in [4.78, 5) is 14.7. The summed E-state index contributed by atoms with van der Waals surface area (Å²) in [5.41, 5.74) is 2.45. The van der Waals surface area contributed by atoms with E-state index >= 15 is 0 Å². The normalized spacial score (nSPS) is 10.6. The van der Waals surface area contributed by atoms with Crippen molar-refractivity contribution >= 4 is 17.3 Å². The molecule has 0 saturated carbocycles. The van der Waals surface area contributed by atoms with Crippen molar-refractivity contribution in [1.29, 1.82) is 0 Å². The van der Waals surface area contributed by atoms with Crippen LogP contribution in [0.3, 0.4) is 0 Å². The third-order valence-corrected chi connectivity index (χ3v) is 3.83. The van der Waals surface area contributed by atoms with E-state index in [-0.39, 0.29) is 5.91 Å². The Balaban J connectivity index is 2.00. The van der Waals surface area contributed by atoms with Gasteiger partial charge in [0.05, 0.1) is 11.3 Å². The van der Waals surface area contributed by atoms with Crippen LogP contribution in [0.25, 0.3) is 0 Å². The fourth-order valence-corrected chi connectivity index (χ4v) is 2.43. The number of nitrogens with zero attached hydrogens (tertiary/aromatic N) is 1. The molecule has 4 nitrogen and oxygen atoms in total. The second kappa shape index (κ2) is 8.96. The van der Waals surface area contributed by atoms with E-state index in [9.17, 15) is 4.79 Å². The smallest absolute Gasteiger partial charge is 0.253 e. The lowest BCUT2D eigenvalue weighted by Crippen LogP contribution is -2.35. The Labute approximate surface area is 138 Å². The van der Waals surface area contributed by atoms with E-state index in [0.29, 0.717) is 12.1 Å². The number of carbonyl (C=O) groups is 1. The molecular formula is C19H25N3O. The number of nitrogens with one attached hydrogen (secondary N) is 2. The first kappa shape index (κ1) is 17.0. The summed E-state index contributed by atoms with van der Waals surface area (Å²) in [5.74, 6) is -0.0452. The molecule has 4 heteroatoms. The van der Waals surface area contributed by atoms with Gasteiger partial charge in [0.1, 0.15) is 0 Å². The topological polar surface area (TPSA) is 44.4 Å². The van der Waals surface area contributed by atoms with Crippen molar-refractivity contribution in [2.45, 2.75) is 13.8 Å². The SMILES string of the molecule is CCN(CC)CCNC(=O)c1ccccc1Nc1ccccc1. The second-order valence-electron chi connectivity index (χ2n) is 5.32. The highest BCUT2D eigenvalue weighted by Crippen LogP contribution is 2.20. The van der Waals surface area contributed by atoms with E-state index in [1.54, 1.807) is 0 Å². The summed E-state index contributed by atoms with van der Waals surface area (Å²) in [6.07, 6.45) is 0. The Bertz CT molecular complexity index is 609. The van der Waals surface area contributed by atoms with E-state index in [1.807, 2.05) is 54.6 Å². The van der Waals surface area contributed by atoms with Crippen molar-refractivity contribution in [1.82, 2.24) is 10.2 Å². The van der Waals surface area contributed by atoms with Crippen LogP contribution in [0.4, 0.5) is 11.4 Å². The van der Waals surface area contributed by atoms with Crippen LogP contribution < -0.4 is 10.6 Å². The Morgan fingerprint density at radius 3 is 2.30 bits per heavy atom. The molecule has 0 aromatic heterocycles. The van der Waals surface area contributed by atoms with Crippen LogP contribution in [0.2, 0.25) is 0 Å². The van der Waals surface area contributed by atoms with Crippen LogP contribution in [0.5, 0.6) is 0 Å². The molecule has 2 rings (SSSR count). The Kier molecular flexibility index (Phi) is 6.63. The largest absolute Gasteiger partial charge is 0.355 e. The van der Waals surface area contributed by atoms with Crippen molar-refractivity contribution in [2.75, 3.05) is 31.5 Å². The molecule has 2 N–H and O–H groups in total. The molecule has 0 fully saturated rings. The second-order valence-corrected chi connectivity index (χ2v) is 5.32. The highest BCUT2D eigenvalue weighted by molar-refractivity contribution is 6.00. The number of carbonyl (C=O) groups excluding carboxylic acids is 1. The highest BCUT2D eigenvalue weighted by Gasteiger charge is 2.11. The monoisotopic (exact) mass is 311 g/mol. The van der Waals surface area contributed by atoms with Crippen LogP contribution >= 0.6 is 0 Å². The van der Waals surface area contributed by atoms with Gasteiger partial charge in [0.15, 0.2) is 0 Å². The Hall–Kier alpha value is -2.33. The third kappa shape index (κ3) is 5.11. The van der Waals surface area contributed by atoms with E-state index in [1.165, 1.54) is 0 Å². The molecule has 0 saturated heterocycles. The average molecular weight is 311 g/mol. The predicted molar refractivity (Wildman–Crippen MR) is 96.3 cm³/mol. The summed E-state index contributed by atoms with van der Waals surface area (Å²) < 4.78 is 0. The lowest BCUT2D eigenvalue weighted by atomic mass is 10.1. The molecule has 0 atom stereocenters. The molecule has 23 heavy (non-hydrogen) atoms. The zero-order chi connectivity index (χ0) is 16.5. The van der Waals surface area contributed by atoms with E-state index in [4.69, 9.17) is 0 Å².